The third kappa shape index (κ3) is 2.31. The third-order valence-electron chi connectivity index (χ3n) is 5.85. The normalized spacial score (nSPS) is 12.0. The van der Waals surface area contributed by atoms with Crippen molar-refractivity contribution in [3.8, 4) is 11.3 Å². The number of para-hydroxylation sites is 2. The molecule has 7 rings (SSSR count). The van der Waals surface area contributed by atoms with Crippen LogP contribution in [0.4, 0.5) is 0 Å². The molecule has 0 bridgehead atoms. The van der Waals surface area contributed by atoms with Crippen molar-refractivity contribution >= 4 is 66.4 Å². The number of halogens is 1. The molecule has 0 unspecified atom stereocenters. The second kappa shape index (κ2) is 6.06. The fraction of sp³-hybridized carbons (Fsp3) is 0. The van der Waals surface area contributed by atoms with E-state index < -0.39 is 0 Å². The van der Waals surface area contributed by atoms with E-state index in [9.17, 15) is 0 Å². The van der Waals surface area contributed by atoms with Crippen molar-refractivity contribution in [1.82, 2.24) is 9.97 Å². The van der Waals surface area contributed by atoms with Gasteiger partial charge >= 0.3 is 0 Å². The van der Waals surface area contributed by atoms with Crippen molar-refractivity contribution < 1.29 is 8.83 Å². The van der Waals surface area contributed by atoms with Crippen LogP contribution in [0.3, 0.4) is 0 Å². The number of furan rings is 2. The largest absolute Gasteiger partial charge is 0.455 e. The van der Waals surface area contributed by atoms with E-state index in [1.807, 2.05) is 48.5 Å². The van der Waals surface area contributed by atoms with Crippen molar-refractivity contribution in [2.75, 3.05) is 0 Å². The van der Waals surface area contributed by atoms with Crippen molar-refractivity contribution in [1.29, 1.82) is 0 Å². The molecule has 0 amide bonds. The van der Waals surface area contributed by atoms with Gasteiger partial charge in [0.25, 0.3) is 0 Å². The van der Waals surface area contributed by atoms with Gasteiger partial charge in [-0.1, -0.05) is 60.7 Å². The first kappa shape index (κ1) is 16.9. The predicted molar refractivity (Wildman–Crippen MR) is 125 cm³/mol. The van der Waals surface area contributed by atoms with Gasteiger partial charge in [-0.15, -0.1) is 0 Å². The van der Waals surface area contributed by atoms with Crippen molar-refractivity contribution in [3.05, 3.63) is 84.1 Å². The lowest BCUT2D eigenvalue weighted by Gasteiger charge is -2.04. The third-order valence-corrected chi connectivity index (χ3v) is 6.02. The van der Waals surface area contributed by atoms with Crippen molar-refractivity contribution in [2.45, 2.75) is 0 Å². The Hall–Kier alpha value is -3.89. The lowest BCUT2D eigenvalue weighted by molar-refractivity contribution is 0.653. The number of hydrogen-bond donors (Lipinski definition) is 0. The number of benzene rings is 4. The van der Waals surface area contributed by atoms with Gasteiger partial charge in [0.05, 0.1) is 11.1 Å². The second-order valence-corrected chi connectivity index (χ2v) is 7.90. The quantitative estimate of drug-likeness (QED) is 0.255. The van der Waals surface area contributed by atoms with Crippen LogP contribution < -0.4 is 0 Å². The van der Waals surface area contributed by atoms with Crippen molar-refractivity contribution in [2.24, 2.45) is 0 Å². The van der Waals surface area contributed by atoms with E-state index in [2.05, 4.69) is 40.3 Å². The average molecular weight is 421 g/mol. The van der Waals surface area contributed by atoms with E-state index in [0.29, 0.717) is 11.4 Å². The number of nitrogens with zero attached hydrogens (tertiary/aromatic N) is 2. The van der Waals surface area contributed by atoms with Gasteiger partial charge in [0, 0.05) is 21.7 Å². The molecule has 0 aliphatic heterocycles. The van der Waals surface area contributed by atoms with Crippen LogP contribution in [0.15, 0.2) is 87.7 Å². The smallest absolute Gasteiger partial charge is 0.232 e. The van der Waals surface area contributed by atoms with Crippen LogP contribution in [0, 0.1) is 0 Å². The van der Waals surface area contributed by atoms with Gasteiger partial charge in [-0.25, -0.2) is 4.98 Å². The first-order valence-electron chi connectivity index (χ1n) is 9.96. The zero-order valence-electron chi connectivity index (χ0n) is 16.1. The fourth-order valence-corrected chi connectivity index (χ4v) is 4.71. The summed E-state index contributed by atoms with van der Waals surface area (Å²) in [6.07, 6.45) is 0. The molecule has 31 heavy (non-hydrogen) atoms. The lowest BCUT2D eigenvalue weighted by atomic mass is 10.0. The number of rotatable bonds is 1. The molecule has 0 saturated carbocycles. The minimum atomic E-state index is 0.139. The van der Waals surface area contributed by atoms with Gasteiger partial charge in [0.2, 0.25) is 11.0 Å². The Morgan fingerprint density at radius 3 is 2.35 bits per heavy atom. The minimum absolute atomic E-state index is 0.139. The highest BCUT2D eigenvalue weighted by Gasteiger charge is 2.21. The molecule has 146 valence electrons. The predicted octanol–water partition coefficient (Wildman–Crippen LogP) is 7.75. The summed E-state index contributed by atoms with van der Waals surface area (Å²) in [5, 5.41) is 6.40. The van der Waals surface area contributed by atoms with Crippen molar-refractivity contribution in [3.63, 3.8) is 0 Å². The van der Waals surface area contributed by atoms with Gasteiger partial charge in [0.15, 0.2) is 0 Å². The lowest BCUT2D eigenvalue weighted by Crippen LogP contribution is -1.90. The van der Waals surface area contributed by atoms with Gasteiger partial charge in [-0.2, -0.15) is 4.98 Å². The highest BCUT2D eigenvalue weighted by molar-refractivity contribution is 6.29. The van der Waals surface area contributed by atoms with E-state index in [-0.39, 0.29) is 5.28 Å². The van der Waals surface area contributed by atoms with Crippen LogP contribution in [0.25, 0.3) is 66.0 Å². The van der Waals surface area contributed by atoms with Crippen LogP contribution in [-0.4, -0.2) is 9.97 Å². The van der Waals surface area contributed by atoms with Crippen LogP contribution >= 0.6 is 11.6 Å². The summed E-state index contributed by atoms with van der Waals surface area (Å²) < 4.78 is 12.3. The van der Waals surface area contributed by atoms with Gasteiger partial charge in [0.1, 0.15) is 16.7 Å². The molecule has 0 atom stereocenters. The Kier molecular flexibility index (Phi) is 3.30. The molecule has 7 aromatic rings. The summed E-state index contributed by atoms with van der Waals surface area (Å²) in [4.78, 5) is 8.93. The van der Waals surface area contributed by atoms with Gasteiger partial charge in [-0.05, 0) is 40.6 Å². The van der Waals surface area contributed by atoms with E-state index in [0.717, 1.165) is 49.2 Å². The fourth-order valence-electron chi connectivity index (χ4n) is 4.55. The molecule has 0 spiro atoms. The zero-order chi connectivity index (χ0) is 20.5. The number of fused-ring (bicyclic) bond motifs is 8. The average Bonchev–Trinajstić information content (AvgIpc) is 3.36. The second-order valence-electron chi connectivity index (χ2n) is 7.56. The molecule has 0 saturated heterocycles. The Morgan fingerprint density at radius 1 is 0.613 bits per heavy atom. The van der Waals surface area contributed by atoms with Crippen LogP contribution in [-0.2, 0) is 0 Å². The molecule has 0 fully saturated rings. The van der Waals surface area contributed by atoms with Gasteiger partial charge in [-0.3, -0.25) is 0 Å². The van der Waals surface area contributed by atoms with Crippen LogP contribution in [0.1, 0.15) is 0 Å². The summed E-state index contributed by atoms with van der Waals surface area (Å²) in [7, 11) is 0. The molecule has 4 nitrogen and oxygen atoms in total. The molecule has 3 aromatic heterocycles. The molecular formula is C26H13ClN2O2. The summed E-state index contributed by atoms with van der Waals surface area (Å²) in [5.41, 5.74) is 4.39. The van der Waals surface area contributed by atoms with E-state index in [1.54, 1.807) is 0 Å². The highest BCUT2D eigenvalue weighted by atomic mass is 35.5. The molecule has 0 radical (unpaired) electrons. The number of aromatic nitrogens is 2. The molecule has 0 aliphatic rings. The topological polar surface area (TPSA) is 52.1 Å². The monoisotopic (exact) mass is 420 g/mol. The van der Waals surface area contributed by atoms with E-state index >= 15 is 0 Å². The zero-order valence-corrected chi connectivity index (χ0v) is 16.9. The standard InChI is InChI=1S/C26H13ClN2O2/c27-26-28-23(22-16-8-3-4-11-19(16)31-25(22)29-26)18-10-5-9-17-21-15-7-2-1-6-14(15)12-13-20(21)30-24(17)18/h1-13H. The molecule has 4 aromatic carbocycles. The first-order chi connectivity index (χ1) is 15.3. The molecule has 3 heterocycles. The van der Waals surface area contributed by atoms with E-state index in [4.69, 9.17) is 20.4 Å². The maximum Gasteiger partial charge on any atom is 0.232 e. The molecular weight excluding hydrogens is 408 g/mol. The van der Waals surface area contributed by atoms with Crippen LogP contribution in [0.2, 0.25) is 5.28 Å². The Balaban J connectivity index is 1.66. The molecule has 5 heteroatoms. The first-order valence-corrected chi connectivity index (χ1v) is 10.3. The summed E-state index contributed by atoms with van der Waals surface area (Å²) >= 11 is 6.30. The summed E-state index contributed by atoms with van der Waals surface area (Å²) in [5.74, 6) is 0. The highest BCUT2D eigenvalue weighted by Crippen LogP contribution is 2.42. The summed E-state index contributed by atoms with van der Waals surface area (Å²) in [6.45, 7) is 0. The maximum absolute atomic E-state index is 6.39. The maximum atomic E-state index is 6.39. The SMILES string of the molecule is Clc1nc(-c2cccc3c2oc2ccc4ccccc4c23)c2c(n1)oc1ccccc12. The van der Waals surface area contributed by atoms with E-state index in [1.165, 1.54) is 5.39 Å². The molecule has 0 N–H and O–H groups in total. The number of hydrogen-bond acceptors (Lipinski definition) is 4. The molecule has 0 aliphatic carbocycles. The Bertz CT molecular complexity index is 1810. The Morgan fingerprint density at radius 2 is 1.42 bits per heavy atom. The summed E-state index contributed by atoms with van der Waals surface area (Å²) in [6, 6.07) is 26.4. The minimum Gasteiger partial charge on any atom is -0.455 e. The Labute approximate surface area is 180 Å². The van der Waals surface area contributed by atoms with Crippen LogP contribution in [0.5, 0.6) is 0 Å². The van der Waals surface area contributed by atoms with Gasteiger partial charge < -0.3 is 8.83 Å².